The van der Waals surface area contributed by atoms with Gasteiger partial charge in [-0.05, 0) is 42.7 Å². The van der Waals surface area contributed by atoms with Gasteiger partial charge in [-0.25, -0.2) is 0 Å². The fraction of sp³-hybridized carbons (Fsp3) is 0.538. The summed E-state index contributed by atoms with van der Waals surface area (Å²) in [4.78, 5) is 0. The predicted molar refractivity (Wildman–Crippen MR) is 56.2 cm³/mol. The second-order valence-corrected chi connectivity index (χ2v) is 4.78. The highest BCUT2D eigenvalue weighted by molar-refractivity contribution is 5.34. The molecule has 2 fully saturated rings. The molecule has 14 heavy (non-hydrogen) atoms. The van der Waals surface area contributed by atoms with E-state index >= 15 is 0 Å². The monoisotopic (exact) mass is 188 g/mol. The molecule has 2 aliphatic rings. The van der Waals surface area contributed by atoms with Gasteiger partial charge in [-0.2, -0.15) is 0 Å². The van der Waals surface area contributed by atoms with E-state index in [-0.39, 0.29) is 0 Å². The van der Waals surface area contributed by atoms with Crippen molar-refractivity contribution >= 4 is 0 Å². The average Bonchev–Trinajstić information content (AvgIpc) is 2.83. The van der Waals surface area contributed by atoms with Gasteiger partial charge in [0.15, 0.2) is 0 Å². The smallest absolute Gasteiger partial charge is 0.0899 e. The third-order valence-electron chi connectivity index (χ3n) is 3.72. The van der Waals surface area contributed by atoms with Crippen LogP contribution in [0.2, 0.25) is 0 Å². The van der Waals surface area contributed by atoms with Gasteiger partial charge in [0.1, 0.15) is 0 Å². The highest BCUT2D eigenvalue weighted by atomic mass is 16.3. The van der Waals surface area contributed by atoms with Crippen molar-refractivity contribution in [3.05, 3.63) is 35.4 Å². The van der Waals surface area contributed by atoms with Crippen molar-refractivity contribution < 1.29 is 5.11 Å². The Morgan fingerprint density at radius 1 is 1.21 bits per heavy atom. The molecule has 0 unspecified atom stereocenters. The van der Waals surface area contributed by atoms with E-state index < -0.39 is 5.60 Å². The number of hydrogen-bond acceptors (Lipinski definition) is 1. The van der Waals surface area contributed by atoms with Gasteiger partial charge in [0.2, 0.25) is 0 Å². The maximum absolute atomic E-state index is 10.00. The standard InChI is InChI=1S/C13H16O/c14-13(7-8-13)12-6-2-5-11(9-12)10-3-1-4-10/h2,5-6,9-10,14H,1,3-4,7-8H2. The fourth-order valence-electron chi connectivity index (χ4n) is 2.23. The third-order valence-corrected chi connectivity index (χ3v) is 3.72. The molecule has 1 aromatic carbocycles. The Hall–Kier alpha value is -0.820. The van der Waals surface area contributed by atoms with Crippen LogP contribution in [0.1, 0.15) is 49.1 Å². The number of hydrogen-bond donors (Lipinski definition) is 1. The van der Waals surface area contributed by atoms with E-state index in [4.69, 9.17) is 0 Å². The van der Waals surface area contributed by atoms with Crippen LogP contribution in [0.4, 0.5) is 0 Å². The zero-order chi connectivity index (χ0) is 9.60. The van der Waals surface area contributed by atoms with Crippen molar-refractivity contribution in [1.82, 2.24) is 0 Å². The van der Waals surface area contributed by atoms with Crippen LogP contribution in [0.3, 0.4) is 0 Å². The van der Waals surface area contributed by atoms with E-state index in [0.29, 0.717) is 0 Å². The summed E-state index contributed by atoms with van der Waals surface area (Å²) in [6.07, 6.45) is 5.94. The van der Waals surface area contributed by atoms with Crippen LogP contribution >= 0.6 is 0 Å². The summed E-state index contributed by atoms with van der Waals surface area (Å²) in [5, 5.41) is 10.00. The minimum absolute atomic E-state index is 0.459. The van der Waals surface area contributed by atoms with Crippen molar-refractivity contribution in [2.45, 2.75) is 43.6 Å². The SMILES string of the molecule is OC1(c2cccc(C3CCC3)c2)CC1. The van der Waals surface area contributed by atoms with E-state index in [1.807, 2.05) is 0 Å². The van der Waals surface area contributed by atoms with Crippen LogP contribution in [-0.4, -0.2) is 5.11 Å². The summed E-state index contributed by atoms with van der Waals surface area (Å²) in [6, 6.07) is 8.59. The first-order valence-corrected chi connectivity index (χ1v) is 5.61. The van der Waals surface area contributed by atoms with Crippen LogP contribution < -0.4 is 0 Å². The van der Waals surface area contributed by atoms with Gasteiger partial charge in [0.05, 0.1) is 5.60 Å². The summed E-state index contributed by atoms with van der Waals surface area (Å²) in [5.41, 5.74) is 2.12. The van der Waals surface area contributed by atoms with Crippen molar-refractivity contribution in [2.75, 3.05) is 0 Å². The van der Waals surface area contributed by atoms with Gasteiger partial charge in [-0.1, -0.05) is 30.7 Å². The zero-order valence-electron chi connectivity index (χ0n) is 8.37. The molecular weight excluding hydrogens is 172 g/mol. The molecule has 0 aliphatic heterocycles. The molecule has 0 amide bonds. The zero-order valence-corrected chi connectivity index (χ0v) is 8.37. The first kappa shape index (κ1) is 8.49. The van der Waals surface area contributed by atoms with Gasteiger partial charge in [0.25, 0.3) is 0 Å². The number of benzene rings is 1. The van der Waals surface area contributed by atoms with E-state index in [9.17, 15) is 5.11 Å². The van der Waals surface area contributed by atoms with E-state index in [1.54, 1.807) is 0 Å². The number of rotatable bonds is 2. The van der Waals surface area contributed by atoms with E-state index in [0.717, 1.165) is 24.3 Å². The molecule has 1 heteroatoms. The maximum Gasteiger partial charge on any atom is 0.0899 e. The molecule has 74 valence electrons. The second-order valence-electron chi connectivity index (χ2n) is 4.78. The molecule has 0 atom stereocenters. The first-order chi connectivity index (χ1) is 6.78. The van der Waals surface area contributed by atoms with E-state index in [1.165, 1.54) is 24.8 Å². The minimum Gasteiger partial charge on any atom is -0.385 e. The molecule has 0 saturated heterocycles. The lowest BCUT2D eigenvalue weighted by molar-refractivity contribution is 0.151. The molecule has 3 rings (SSSR count). The molecule has 0 bridgehead atoms. The normalized spacial score (nSPS) is 24.4. The van der Waals surface area contributed by atoms with Crippen LogP contribution in [0.15, 0.2) is 24.3 Å². The maximum atomic E-state index is 10.00. The largest absolute Gasteiger partial charge is 0.385 e. The lowest BCUT2D eigenvalue weighted by Gasteiger charge is -2.26. The van der Waals surface area contributed by atoms with Crippen molar-refractivity contribution in [1.29, 1.82) is 0 Å². The van der Waals surface area contributed by atoms with Crippen LogP contribution in [0.5, 0.6) is 0 Å². The van der Waals surface area contributed by atoms with Crippen LogP contribution in [-0.2, 0) is 5.60 Å². The highest BCUT2D eigenvalue weighted by Crippen LogP contribution is 2.46. The Morgan fingerprint density at radius 2 is 2.00 bits per heavy atom. The van der Waals surface area contributed by atoms with Gasteiger partial charge in [-0.15, -0.1) is 0 Å². The minimum atomic E-state index is -0.459. The lowest BCUT2D eigenvalue weighted by atomic mass is 9.79. The highest BCUT2D eigenvalue weighted by Gasteiger charge is 2.42. The molecule has 0 heterocycles. The topological polar surface area (TPSA) is 20.2 Å². The Labute approximate surface area is 84.8 Å². The number of aliphatic hydroxyl groups is 1. The van der Waals surface area contributed by atoms with Gasteiger partial charge < -0.3 is 5.11 Å². The van der Waals surface area contributed by atoms with Crippen LogP contribution in [0.25, 0.3) is 0 Å². The molecule has 1 aromatic rings. The third kappa shape index (κ3) is 1.27. The van der Waals surface area contributed by atoms with Crippen molar-refractivity contribution in [2.24, 2.45) is 0 Å². The fourth-order valence-corrected chi connectivity index (χ4v) is 2.23. The molecule has 2 aliphatic carbocycles. The molecular formula is C13H16O. The molecule has 0 spiro atoms. The molecule has 0 aromatic heterocycles. The predicted octanol–water partition coefficient (Wildman–Crippen LogP) is 2.94. The van der Waals surface area contributed by atoms with Gasteiger partial charge >= 0.3 is 0 Å². The van der Waals surface area contributed by atoms with E-state index in [2.05, 4.69) is 24.3 Å². The Morgan fingerprint density at radius 3 is 2.57 bits per heavy atom. The molecule has 1 nitrogen and oxygen atoms in total. The summed E-state index contributed by atoms with van der Waals surface area (Å²) in [7, 11) is 0. The summed E-state index contributed by atoms with van der Waals surface area (Å²) >= 11 is 0. The molecule has 1 N–H and O–H groups in total. The second kappa shape index (κ2) is 2.83. The van der Waals surface area contributed by atoms with Crippen molar-refractivity contribution in [3.8, 4) is 0 Å². The Balaban J connectivity index is 1.91. The van der Waals surface area contributed by atoms with Gasteiger partial charge in [0, 0.05) is 0 Å². The average molecular weight is 188 g/mol. The Kier molecular flexibility index (Phi) is 1.72. The van der Waals surface area contributed by atoms with Crippen molar-refractivity contribution in [3.63, 3.8) is 0 Å². The molecule has 2 saturated carbocycles. The quantitative estimate of drug-likeness (QED) is 0.756. The first-order valence-electron chi connectivity index (χ1n) is 5.61. The Bertz CT molecular complexity index is 348. The lowest BCUT2D eigenvalue weighted by Crippen LogP contribution is -2.11. The summed E-state index contributed by atoms with van der Waals surface area (Å²) in [6.45, 7) is 0. The summed E-state index contributed by atoms with van der Waals surface area (Å²) < 4.78 is 0. The molecule has 0 radical (unpaired) electrons. The summed E-state index contributed by atoms with van der Waals surface area (Å²) in [5.74, 6) is 0.775. The van der Waals surface area contributed by atoms with Crippen LogP contribution in [0, 0.1) is 0 Å². The van der Waals surface area contributed by atoms with Gasteiger partial charge in [-0.3, -0.25) is 0 Å².